The molecule has 1 aliphatic rings. The summed E-state index contributed by atoms with van der Waals surface area (Å²) in [7, 11) is 2.21. The zero-order valence-electron chi connectivity index (χ0n) is 31.9. The normalized spacial score (nSPS) is 14.2. The van der Waals surface area contributed by atoms with Crippen molar-refractivity contribution < 1.29 is 60.2 Å². The summed E-state index contributed by atoms with van der Waals surface area (Å²) in [6, 6.07) is 24.6. The van der Waals surface area contributed by atoms with Gasteiger partial charge in [-0.05, 0) is 107 Å². The van der Waals surface area contributed by atoms with Crippen LogP contribution in [0.1, 0.15) is 71.5 Å². The van der Waals surface area contributed by atoms with E-state index in [9.17, 15) is 18.4 Å². The van der Waals surface area contributed by atoms with Crippen molar-refractivity contribution in [2.75, 3.05) is 14.2 Å². The molecule has 11 nitrogen and oxygen atoms in total. The van der Waals surface area contributed by atoms with Gasteiger partial charge in [0.1, 0.15) is 42.0 Å². The number of carbonyl (C=O) groups is 2. The summed E-state index contributed by atoms with van der Waals surface area (Å²) in [6.45, 7) is 9.33. The van der Waals surface area contributed by atoms with Crippen LogP contribution in [-0.4, -0.2) is 51.1 Å². The number of ether oxygens (including phenoxy) is 5. The van der Waals surface area contributed by atoms with Crippen molar-refractivity contribution in [1.29, 1.82) is 0 Å². The van der Waals surface area contributed by atoms with Crippen LogP contribution in [0.25, 0.3) is 11.1 Å². The van der Waals surface area contributed by atoms with Gasteiger partial charge in [-0.3, -0.25) is 0 Å². The Hall–Kier alpha value is -5.60. The highest BCUT2D eigenvalue weighted by Crippen LogP contribution is 2.36. The molecule has 55 heavy (non-hydrogen) atoms. The summed E-state index contributed by atoms with van der Waals surface area (Å²) in [5.41, 5.74) is 3.51. The van der Waals surface area contributed by atoms with E-state index in [1.165, 1.54) is 26.4 Å². The van der Waals surface area contributed by atoms with E-state index < -0.39 is 25.7 Å². The maximum absolute atomic E-state index is 12.2. The molecule has 0 unspecified atom stereocenters. The molecule has 1 fully saturated rings. The highest BCUT2D eigenvalue weighted by molar-refractivity contribution is 6.62. The highest BCUT2D eigenvalue weighted by Gasteiger charge is 2.51. The zero-order valence-corrected chi connectivity index (χ0v) is 31.9. The lowest BCUT2D eigenvalue weighted by atomic mass is 9.79. The van der Waals surface area contributed by atoms with Gasteiger partial charge in [0.15, 0.2) is 0 Å². The first-order valence-electron chi connectivity index (χ1n) is 17.3. The van der Waals surface area contributed by atoms with Gasteiger partial charge in [-0.25, -0.2) is 9.59 Å². The number of rotatable bonds is 12. The third kappa shape index (κ3) is 10.1. The summed E-state index contributed by atoms with van der Waals surface area (Å²) in [4.78, 5) is 23.0. The van der Waals surface area contributed by atoms with Crippen LogP contribution < -0.4 is 19.7 Å². The molecule has 14 heteroatoms. The topological polar surface area (TPSA) is 125 Å². The van der Waals surface area contributed by atoms with E-state index in [0.717, 1.165) is 27.7 Å². The van der Waals surface area contributed by atoms with Gasteiger partial charge in [-0.2, -0.15) is 8.78 Å². The Kier molecular flexibility index (Phi) is 12.7. The summed E-state index contributed by atoms with van der Waals surface area (Å²) in [5.74, 6) is 1.93. The fraction of sp³-hybridized carbons (Fsp3) is 0.317. The van der Waals surface area contributed by atoms with Crippen molar-refractivity contribution in [1.82, 2.24) is 0 Å². The first-order valence-corrected chi connectivity index (χ1v) is 17.3. The SMILES string of the molecule is COC(=O)c1cc(COc2ccc(-c3ccc(OC(F)F)cc3)cc2)c(C)o1.COC(=O)c1cc(COc2ccc(B3OC(C)(C)C(C)(C)O3)cc2)c(C)o1. The Bertz CT molecular complexity index is 2040. The molecule has 6 rings (SSSR count). The maximum atomic E-state index is 12.2. The van der Waals surface area contributed by atoms with Gasteiger partial charge in [0, 0.05) is 11.1 Å². The van der Waals surface area contributed by atoms with Crippen LogP contribution in [0, 0.1) is 13.8 Å². The van der Waals surface area contributed by atoms with Crippen LogP contribution in [0.2, 0.25) is 0 Å². The first-order chi connectivity index (χ1) is 26.1. The number of hydrogen-bond acceptors (Lipinski definition) is 11. The van der Waals surface area contributed by atoms with Crippen molar-refractivity contribution in [3.63, 3.8) is 0 Å². The number of esters is 2. The number of aryl methyl sites for hydroxylation is 2. The Balaban J connectivity index is 0.000000211. The number of carbonyl (C=O) groups excluding carboxylic acids is 2. The summed E-state index contributed by atoms with van der Waals surface area (Å²) >= 11 is 0. The van der Waals surface area contributed by atoms with Crippen LogP contribution in [0.3, 0.4) is 0 Å². The van der Waals surface area contributed by atoms with Gasteiger partial charge < -0.3 is 41.8 Å². The quantitative estimate of drug-likeness (QED) is 0.0898. The Morgan fingerprint density at radius 2 is 1.02 bits per heavy atom. The molecule has 0 amide bonds. The van der Waals surface area contributed by atoms with E-state index in [-0.39, 0.29) is 35.1 Å². The number of hydrogen-bond donors (Lipinski definition) is 0. The molecule has 0 bridgehead atoms. The second kappa shape index (κ2) is 17.3. The summed E-state index contributed by atoms with van der Waals surface area (Å²) in [6.07, 6.45) is 0. The standard InChI is InChI=1S/C21H18F2O5.C20H25BO6/c1-13-16(11-19(27-13)20(24)25-2)12-26-17-7-3-14(4-8-17)15-5-9-18(10-6-15)28-21(22)23;1-13-14(11-17(25-13)18(22)23-6)12-24-16-9-7-15(8-10-16)21-26-19(2,3)20(4,5)27-21/h3-11,21H,12H2,1-2H3;7-11H,12H2,1-6H3. The number of methoxy groups -OCH3 is 2. The van der Waals surface area contributed by atoms with E-state index in [4.69, 9.17) is 27.6 Å². The molecule has 1 saturated heterocycles. The van der Waals surface area contributed by atoms with Crippen molar-refractivity contribution in [2.24, 2.45) is 0 Å². The second-order valence-electron chi connectivity index (χ2n) is 13.5. The molecule has 0 atom stereocenters. The minimum Gasteiger partial charge on any atom is -0.489 e. The average Bonchev–Trinajstić information content (AvgIpc) is 3.80. The molecular weight excluding hydrogens is 717 g/mol. The summed E-state index contributed by atoms with van der Waals surface area (Å²) in [5, 5.41) is 0. The maximum Gasteiger partial charge on any atom is 0.494 e. The molecule has 3 heterocycles. The Morgan fingerprint density at radius 1 is 0.636 bits per heavy atom. The Morgan fingerprint density at radius 3 is 1.40 bits per heavy atom. The smallest absolute Gasteiger partial charge is 0.489 e. The lowest BCUT2D eigenvalue weighted by Crippen LogP contribution is -2.41. The molecule has 0 N–H and O–H groups in total. The number of furan rings is 2. The Labute approximate surface area is 318 Å². The molecule has 0 radical (unpaired) electrons. The lowest BCUT2D eigenvalue weighted by molar-refractivity contribution is -0.0498. The fourth-order valence-corrected chi connectivity index (χ4v) is 5.32. The van der Waals surface area contributed by atoms with Gasteiger partial charge in [0.05, 0.1) is 25.4 Å². The van der Waals surface area contributed by atoms with E-state index in [2.05, 4.69) is 14.2 Å². The minimum atomic E-state index is -2.84. The van der Waals surface area contributed by atoms with E-state index in [0.29, 0.717) is 29.6 Å². The molecule has 0 aliphatic carbocycles. The molecule has 0 spiro atoms. The van der Waals surface area contributed by atoms with Gasteiger partial charge in [-0.15, -0.1) is 0 Å². The van der Waals surface area contributed by atoms with Crippen molar-refractivity contribution in [3.05, 3.63) is 119 Å². The fourth-order valence-electron chi connectivity index (χ4n) is 5.32. The van der Waals surface area contributed by atoms with Gasteiger partial charge in [0.2, 0.25) is 11.5 Å². The van der Waals surface area contributed by atoms with Crippen LogP contribution in [0.5, 0.6) is 17.2 Å². The monoisotopic (exact) mass is 760 g/mol. The molecule has 1 aliphatic heterocycles. The lowest BCUT2D eigenvalue weighted by Gasteiger charge is -2.32. The first kappa shape index (κ1) is 40.6. The number of benzene rings is 3. The predicted molar refractivity (Wildman–Crippen MR) is 199 cm³/mol. The minimum absolute atomic E-state index is 0.112. The predicted octanol–water partition coefficient (Wildman–Crippen LogP) is 8.47. The van der Waals surface area contributed by atoms with E-state index in [1.54, 1.807) is 50.2 Å². The number of alkyl halides is 2. The highest BCUT2D eigenvalue weighted by atomic mass is 19.3. The van der Waals surface area contributed by atoms with Crippen LogP contribution in [0.4, 0.5) is 8.78 Å². The van der Waals surface area contributed by atoms with Crippen molar-refractivity contribution in [2.45, 2.75) is 72.6 Å². The molecule has 290 valence electrons. The van der Waals surface area contributed by atoms with Crippen molar-refractivity contribution >= 4 is 24.5 Å². The van der Waals surface area contributed by atoms with Gasteiger partial charge in [-0.1, -0.05) is 36.4 Å². The molecule has 2 aromatic heterocycles. The summed E-state index contributed by atoms with van der Waals surface area (Å²) < 4.78 is 72.4. The third-order valence-corrected chi connectivity index (χ3v) is 9.28. The van der Waals surface area contributed by atoms with Crippen LogP contribution >= 0.6 is 0 Å². The molecular formula is C41H43BF2O11. The van der Waals surface area contributed by atoms with Crippen molar-refractivity contribution in [3.8, 4) is 28.4 Å². The van der Waals surface area contributed by atoms with Gasteiger partial charge >= 0.3 is 25.7 Å². The largest absolute Gasteiger partial charge is 0.494 e. The third-order valence-electron chi connectivity index (χ3n) is 9.28. The second-order valence-corrected chi connectivity index (χ2v) is 13.5. The number of halogens is 2. The molecule has 5 aromatic rings. The average molecular weight is 761 g/mol. The van der Waals surface area contributed by atoms with Crippen LogP contribution in [0.15, 0.2) is 93.8 Å². The zero-order chi connectivity index (χ0) is 39.9. The van der Waals surface area contributed by atoms with Gasteiger partial charge in [0.25, 0.3) is 0 Å². The molecule has 3 aromatic carbocycles. The van der Waals surface area contributed by atoms with Crippen LogP contribution in [-0.2, 0) is 32.0 Å². The van der Waals surface area contributed by atoms with E-state index in [1.807, 2.05) is 64.1 Å². The molecule has 0 saturated carbocycles. The van der Waals surface area contributed by atoms with E-state index >= 15 is 0 Å².